The molecule has 5 heteroatoms. The van der Waals surface area contributed by atoms with Gasteiger partial charge in [-0.05, 0) is 43.6 Å². The highest BCUT2D eigenvalue weighted by atomic mass is 16.6. The van der Waals surface area contributed by atoms with Crippen molar-refractivity contribution in [3.05, 3.63) is 60.2 Å². The second kappa shape index (κ2) is 8.60. The van der Waals surface area contributed by atoms with Gasteiger partial charge in [-0.2, -0.15) is 0 Å². The summed E-state index contributed by atoms with van der Waals surface area (Å²) in [4.78, 5) is 29.3. The first kappa shape index (κ1) is 20.6. The Morgan fingerprint density at radius 1 is 1.03 bits per heavy atom. The number of carbonyl (C=O) groups excluding carboxylic acids is 2. The predicted octanol–water partition coefficient (Wildman–Crippen LogP) is 3.38. The SMILES string of the molecule is CN(C)CC1CC2(CCN(C(=O)Cc3ccc(-c4ccccc4)cc3)CC2)C(=O)O1. The van der Waals surface area contributed by atoms with Gasteiger partial charge < -0.3 is 14.5 Å². The van der Waals surface area contributed by atoms with Crippen LogP contribution in [-0.2, 0) is 20.7 Å². The Morgan fingerprint density at radius 2 is 1.67 bits per heavy atom. The van der Waals surface area contributed by atoms with Crippen LogP contribution in [0.15, 0.2) is 54.6 Å². The molecule has 0 bridgehead atoms. The van der Waals surface area contributed by atoms with Gasteiger partial charge in [-0.15, -0.1) is 0 Å². The van der Waals surface area contributed by atoms with Crippen LogP contribution in [-0.4, -0.2) is 61.5 Å². The molecule has 2 heterocycles. The van der Waals surface area contributed by atoms with Gasteiger partial charge >= 0.3 is 5.97 Å². The number of ether oxygens (including phenoxy) is 1. The highest BCUT2D eigenvalue weighted by Crippen LogP contribution is 2.43. The maximum Gasteiger partial charge on any atom is 0.312 e. The number of likely N-dealkylation sites (N-methyl/N-ethyl adjacent to an activating group) is 1. The maximum absolute atomic E-state index is 12.8. The molecule has 0 N–H and O–H groups in total. The van der Waals surface area contributed by atoms with E-state index in [-0.39, 0.29) is 18.0 Å². The average molecular weight is 407 g/mol. The molecule has 2 aromatic rings. The Hall–Kier alpha value is -2.66. The van der Waals surface area contributed by atoms with Gasteiger partial charge in [-0.1, -0.05) is 54.6 Å². The lowest BCUT2D eigenvalue weighted by molar-refractivity contribution is -0.152. The van der Waals surface area contributed by atoms with Gasteiger partial charge in [0.05, 0.1) is 11.8 Å². The largest absolute Gasteiger partial charge is 0.461 e. The molecule has 4 rings (SSSR count). The predicted molar refractivity (Wildman–Crippen MR) is 117 cm³/mol. The molecule has 30 heavy (non-hydrogen) atoms. The molecule has 158 valence electrons. The summed E-state index contributed by atoms with van der Waals surface area (Å²) in [6.07, 6.45) is 2.55. The Kier molecular flexibility index (Phi) is 5.91. The normalized spacial score (nSPS) is 20.6. The van der Waals surface area contributed by atoms with Gasteiger partial charge in [0.15, 0.2) is 0 Å². The van der Waals surface area contributed by atoms with Crippen LogP contribution >= 0.6 is 0 Å². The van der Waals surface area contributed by atoms with Crippen molar-refractivity contribution in [3.8, 4) is 11.1 Å². The molecule has 0 saturated carbocycles. The van der Waals surface area contributed by atoms with Crippen LogP contribution < -0.4 is 0 Å². The van der Waals surface area contributed by atoms with E-state index < -0.39 is 5.41 Å². The van der Waals surface area contributed by atoms with Crippen molar-refractivity contribution in [2.24, 2.45) is 5.41 Å². The van der Waals surface area contributed by atoms with Crippen LogP contribution in [0.2, 0.25) is 0 Å². The van der Waals surface area contributed by atoms with Crippen molar-refractivity contribution in [3.63, 3.8) is 0 Å². The number of hydrogen-bond donors (Lipinski definition) is 0. The van der Waals surface area contributed by atoms with Crippen LogP contribution in [0.5, 0.6) is 0 Å². The number of carbonyl (C=O) groups is 2. The zero-order valence-electron chi connectivity index (χ0n) is 17.8. The summed E-state index contributed by atoms with van der Waals surface area (Å²) in [7, 11) is 3.99. The summed E-state index contributed by atoms with van der Waals surface area (Å²) in [6.45, 7) is 2.02. The van der Waals surface area contributed by atoms with Crippen molar-refractivity contribution in [2.45, 2.75) is 31.8 Å². The molecule has 1 unspecified atom stereocenters. The number of cyclic esters (lactones) is 1. The molecule has 5 nitrogen and oxygen atoms in total. The van der Waals surface area contributed by atoms with Crippen molar-refractivity contribution >= 4 is 11.9 Å². The zero-order chi connectivity index (χ0) is 21.1. The summed E-state index contributed by atoms with van der Waals surface area (Å²) >= 11 is 0. The monoisotopic (exact) mass is 406 g/mol. The fourth-order valence-corrected chi connectivity index (χ4v) is 4.67. The summed E-state index contributed by atoms with van der Waals surface area (Å²) in [5.74, 6) is 0.0615. The first-order valence-corrected chi connectivity index (χ1v) is 10.7. The Bertz CT molecular complexity index is 884. The molecule has 2 aliphatic rings. The Balaban J connectivity index is 1.32. The number of benzene rings is 2. The van der Waals surface area contributed by atoms with Crippen LogP contribution in [0.1, 0.15) is 24.8 Å². The van der Waals surface area contributed by atoms with E-state index in [1.54, 1.807) is 0 Å². The van der Waals surface area contributed by atoms with Gasteiger partial charge in [0.25, 0.3) is 0 Å². The third-order valence-electron chi connectivity index (χ3n) is 6.38. The van der Waals surface area contributed by atoms with E-state index in [1.807, 2.05) is 49.3 Å². The number of piperidine rings is 1. The van der Waals surface area contributed by atoms with Gasteiger partial charge in [-0.25, -0.2) is 0 Å². The minimum absolute atomic E-state index is 0.0297. The number of esters is 1. The molecule has 2 fully saturated rings. The topological polar surface area (TPSA) is 49.9 Å². The van der Waals surface area contributed by atoms with E-state index in [4.69, 9.17) is 4.74 Å². The first-order chi connectivity index (χ1) is 14.4. The highest BCUT2D eigenvalue weighted by molar-refractivity contribution is 5.82. The molecule has 2 saturated heterocycles. The van der Waals surface area contributed by atoms with Gasteiger partial charge in [-0.3, -0.25) is 9.59 Å². The van der Waals surface area contributed by atoms with E-state index in [0.717, 1.165) is 24.1 Å². The number of likely N-dealkylation sites (tertiary alicyclic amines) is 1. The Labute approximate surface area is 178 Å². The fraction of sp³-hybridized carbons (Fsp3) is 0.440. The number of rotatable bonds is 5. The molecule has 1 amide bonds. The van der Waals surface area contributed by atoms with Crippen LogP contribution in [0.25, 0.3) is 11.1 Å². The second-order valence-corrected chi connectivity index (χ2v) is 8.89. The molecular formula is C25H30N2O3. The summed E-state index contributed by atoms with van der Waals surface area (Å²) in [5, 5.41) is 0. The molecule has 1 spiro atoms. The van der Waals surface area contributed by atoms with Gasteiger partial charge in [0.1, 0.15) is 6.10 Å². The number of amides is 1. The molecule has 0 aliphatic carbocycles. The van der Waals surface area contributed by atoms with E-state index in [9.17, 15) is 9.59 Å². The van der Waals surface area contributed by atoms with Crippen molar-refractivity contribution in [2.75, 3.05) is 33.7 Å². The summed E-state index contributed by atoms with van der Waals surface area (Å²) in [5.41, 5.74) is 2.95. The van der Waals surface area contributed by atoms with Crippen LogP contribution in [0.4, 0.5) is 0 Å². The van der Waals surface area contributed by atoms with E-state index in [2.05, 4.69) is 29.2 Å². The molecule has 2 aromatic carbocycles. The van der Waals surface area contributed by atoms with E-state index >= 15 is 0 Å². The molecule has 0 radical (unpaired) electrons. The number of hydrogen-bond acceptors (Lipinski definition) is 4. The molecule has 2 aliphatic heterocycles. The lowest BCUT2D eigenvalue weighted by Crippen LogP contribution is -2.45. The van der Waals surface area contributed by atoms with Crippen molar-refractivity contribution in [1.82, 2.24) is 9.80 Å². The fourth-order valence-electron chi connectivity index (χ4n) is 4.67. The zero-order valence-corrected chi connectivity index (χ0v) is 17.8. The maximum atomic E-state index is 12.8. The third kappa shape index (κ3) is 4.41. The van der Waals surface area contributed by atoms with E-state index in [1.165, 1.54) is 5.56 Å². The van der Waals surface area contributed by atoms with Gasteiger partial charge in [0.2, 0.25) is 5.91 Å². The third-order valence-corrected chi connectivity index (χ3v) is 6.38. The average Bonchev–Trinajstić information content (AvgIpc) is 3.03. The second-order valence-electron chi connectivity index (χ2n) is 8.89. The van der Waals surface area contributed by atoms with Crippen LogP contribution in [0, 0.1) is 5.41 Å². The van der Waals surface area contributed by atoms with Crippen molar-refractivity contribution < 1.29 is 14.3 Å². The number of nitrogens with zero attached hydrogens (tertiary/aromatic N) is 2. The molecule has 0 aromatic heterocycles. The van der Waals surface area contributed by atoms with Crippen LogP contribution in [0.3, 0.4) is 0 Å². The highest BCUT2D eigenvalue weighted by Gasteiger charge is 2.50. The minimum atomic E-state index is -0.394. The summed E-state index contributed by atoms with van der Waals surface area (Å²) in [6, 6.07) is 18.4. The molecular weight excluding hydrogens is 376 g/mol. The lowest BCUT2D eigenvalue weighted by atomic mass is 9.76. The summed E-state index contributed by atoms with van der Waals surface area (Å²) < 4.78 is 5.62. The first-order valence-electron chi connectivity index (χ1n) is 10.7. The smallest absolute Gasteiger partial charge is 0.312 e. The lowest BCUT2D eigenvalue weighted by Gasteiger charge is -2.36. The van der Waals surface area contributed by atoms with Gasteiger partial charge in [0, 0.05) is 26.1 Å². The molecule has 1 atom stereocenters. The standard InChI is InChI=1S/C25H30N2O3/c1-26(2)18-22-17-25(24(29)30-22)12-14-27(15-13-25)23(28)16-19-8-10-21(11-9-19)20-6-4-3-5-7-20/h3-11,22H,12-18H2,1-2H3. The van der Waals surface area contributed by atoms with Crippen molar-refractivity contribution in [1.29, 1.82) is 0 Å². The minimum Gasteiger partial charge on any atom is -0.461 e. The van der Waals surface area contributed by atoms with E-state index in [0.29, 0.717) is 32.4 Å². The Morgan fingerprint density at radius 3 is 2.30 bits per heavy atom. The quantitative estimate of drug-likeness (QED) is 0.715.